The molecule has 0 aliphatic carbocycles. The van der Waals surface area contributed by atoms with Crippen molar-refractivity contribution in [3.8, 4) is 0 Å². The number of carbonyl (C=O) groups excluding carboxylic acids is 1. The zero-order valence-corrected chi connectivity index (χ0v) is 10.5. The summed E-state index contributed by atoms with van der Waals surface area (Å²) in [5.41, 5.74) is 8.82. The van der Waals surface area contributed by atoms with Gasteiger partial charge in [0, 0.05) is 6.92 Å². The Morgan fingerprint density at radius 1 is 1.50 bits per heavy atom. The number of carbonyl (C=O) groups is 1. The van der Waals surface area contributed by atoms with E-state index >= 15 is 0 Å². The van der Waals surface area contributed by atoms with Gasteiger partial charge in [0.25, 0.3) is 0 Å². The van der Waals surface area contributed by atoms with Crippen LogP contribution >= 0.6 is 0 Å². The fraction of sp³-hybridized carbons (Fsp3) is 0.778. The lowest BCUT2D eigenvalue weighted by atomic mass is 10.1. The molecule has 5 heteroatoms. The summed E-state index contributed by atoms with van der Waals surface area (Å²) in [6.07, 6.45) is 0.271. The maximum Gasteiger partial charge on any atom is 0.361 e. The highest BCUT2D eigenvalue weighted by Crippen LogP contribution is 2.11. The van der Waals surface area contributed by atoms with Gasteiger partial charge in [-0.15, -0.1) is 0 Å². The van der Waals surface area contributed by atoms with Crippen LogP contribution < -0.4 is 0 Å². The van der Waals surface area contributed by atoms with Gasteiger partial charge in [0.2, 0.25) is 5.78 Å². The van der Waals surface area contributed by atoms with Crippen molar-refractivity contribution in [3.63, 3.8) is 0 Å². The van der Waals surface area contributed by atoms with Crippen LogP contribution in [0.2, 0.25) is 19.6 Å². The molecule has 1 atom stereocenters. The Morgan fingerprint density at radius 3 is 2.21 bits per heavy atom. The molecule has 0 aliphatic rings. The molecule has 0 radical (unpaired) electrons. The predicted molar refractivity (Wildman–Crippen MR) is 57.8 cm³/mol. The van der Waals surface area contributed by atoms with Gasteiger partial charge in [0.05, 0.1) is 0 Å². The molecule has 80 valence electrons. The van der Waals surface area contributed by atoms with Crippen LogP contribution in [-0.2, 0) is 9.22 Å². The molecular formula is C9H18N2O2Si. The summed E-state index contributed by atoms with van der Waals surface area (Å²) >= 11 is 0. The van der Waals surface area contributed by atoms with Gasteiger partial charge >= 0.3 is 5.71 Å². The Morgan fingerprint density at radius 2 is 2.00 bits per heavy atom. The first-order valence-electron chi connectivity index (χ1n) is 4.72. The molecule has 1 unspecified atom stereocenters. The second-order valence-electron chi connectivity index (χ2n) is 4.17. The van der Waals surface area contributed by atoms with E-state index in [1.165, 1.54) is 6.92 Å². The molecule has 0 saturated carbocycles. The average Bonchev–Trinajstić information content (AvgIpc) is 2.00. The third-order valence-corrected chi connectivity index (χ3v) is 2.63. The van der Waals surface area contributed by atoms with Gasteiger partial charge in [0.15, 0.2) is 14.4 Å². The highest BCUT2D eigenvalue weighted by atomic mass is 28.4. The second kappa shape index (κ2) is 5.19. The van der Waals surface area contributed by atoms with E-state index in [4.69, 9.17) is 9.96 Å². The van der Waals surface area contributed by atoms with Crippen LogP contribution in [0.25, 0.3) is 5.53 Å². The SMILES string of the molecule is CCC(O[Si](C)(C)C)C(=[N+]=[N-])C(C)=O. The van der Waals surface area contributed by atoms with E-state index in [9.17, 15) is 4.79 Å². The van der Waals surface area contributed by atoms with Crippen molar-refractivity contribution in [3.05, 3.63) is 5.53 Å². The molecule has 0 spiro atoms. The first-order valence-corrected chi connectivity index (χ1v) is 8.13. The summed E-state index contributed by atoms with van der Waals surface area (Å²) < 4.78 is 5.73. The topological polar surface area (TPSA) is 62.7 Å². The molecule has 0 aromatic rings. The molecule has 0 aliphatic heterocycles. The van der Waals surface area contributed by atoms with Crippen LogP contribution in [-0.4, -0.2) is 30.7 Å². The van der Waals surface area contributed by atoms with Gasteiger partial charge < -0.3 is 9.96 Å². The monoisotopic (exact) mass is 214 g/mol. The van der Waals surface area contributed by atoms with E-state index in [1.807, 2.05) is 26.6 Å². The minimum absolute atomic E-state index is 0.120. The van der Waals surface area contributed by atoms with E-state index < -0.39 is 8.32 Å². The number of nitrogens with zero attached hydrogens (tertiary/aromatic N) is 2. The van der Waals surface area contributed by atoms with Crippen LogP contribution in [0.3, 0.4) is 0 Å². The lowest BCUT2D eigenvalue weighted by Gasteiger charge is -2.21. The first-order chi connectivity index (χ1) is 6.31. The maximum absolute atomic E-state index is 11.1. The number of hydrogen-bond donors (Lipinski definition) is 0. The van der Waals surface area contributed by atoms with Crippen molar-refractivity contribution < 1.29 is 14.0 Å². The van der Waals surface area contributed by atoms with Crippen molar-refractivity contribution in [1.29, 1.82) is 0 Å². The van der Waals surface area contributed by atoms with E-state index in [-0.39, 0.29) is 17.6 Å². The number of rotatable bonds is 5. The third-order valence-electron chi connectivity index (χ3n) is 1.64. The maximum atomic E-state index is 11.1. The molecule has 0 aromatic carbocycles. The number of ketones is 1. The van der Waals surface area contributed by atoms with E-state index in [0.717, 1.165) is 0 Å². The average molecular weight is 214 g/mol. The van der Waals surface area contributed by atoms with E-state index in [0.29, 0.717) is 6.42 Å². The lowest BCUT2D eigenvalue weighted by molar-refractivity contribution is -0.116. The van der Waals surface area contributed by atoms with Crippen LogP contribution in [0.15, 0.2) is 0 Å². The second-order valence-corrected chi connectivity index (χ2v) is 8.63. The molecule has 4 nitrogen and oxygen atoms in total. The molecule has 0 rings (SSSR count). The molecule has 0 fully saturated rings. The van der Waals surface area contributed by atoms with Gasteiger partial charge in [-0.25, -0.2) is 0 Å². The molecular weight excluding hydrogens is 196 g/mol. The summed E-state index contributed by atoms with van der Waals surface area (Å²) in [4.78, 5) is 14.1. The molecule has 0 heterocycles. The van der Waals surface area contributed by atoms with Gasteiger partial charge in [-0.05, 0) is 26.1 Å². The third kappa shape index (κ3) is 4.46. The highest BCUT2D eigenvalue weighted by Gasteiger charge is 2.31. The molecule has 0 saturated heterocycles. The summed E-state index contributed by atoms with van der Waals surface area (Å²) in [6.45, 7) is 9.38. The van der Waals surface area contributed by atoms with E-state index in [2.05, 4.69) is 4.79 Å². The zero-order chi connectivity index (χ0) is 11.4. The van der Waals surface area contributed by atoms with Gasteiger partial charge in [-0.2, -0.15) is 4.79 Å². The summed E-state index contributed by atoms with van der Waals surface area (Å²) in [7, 11) is -1.71. The van der Waals surface area contributed by atoms with Crippen LogP contribution in [0.1, 0.15) is 20.3 Å². The van der Waals surface area contributed by atoms with Crippen molar-refractivity contribution in [2.75, 3.05) is 0 Å². The molecule has 0 N–H and O–H groups in total. The van der Waals surface area contributed by atoms with Crippen molar-refractivity contribution in [2.24, 2.45) is 0 Å². The van der Waals surface area contributed by atoms with Crippen LogP contribution in [0, 0.1) is 0 Å². The Balaban J connectivity index is 4.72. The van der Waals surface area contributed by atoms with Crippen molar-refractivity contribution >= 4 is 19.8 Å². The summed E-state index contributed by atoms with van der Waals surface area (Å²) in [6, 6.07) is 0. The van der Waals surface area contributed by atoms with Gasteiger partial charge in [-0.3, -0.25) is 4.79 Å². The van der Waals surface area contributed by atoms with Gasteiger partial charge in [-0.1, -0.05) is 6.92 Å². The predicted octanol–water partition coefficient (Wildman–Crippen LogP) is 1.88. The summed E-state index contributed by atoms with van der Waals surface area (Å²) in [5, 5.41) is 0. The minimum atomic E-state index is -1.71. The molecule has 0 bridgehead atoms. The molecule has 14 heavy (non-hydrogen) atoms. The first kappa shape index (κ1) is 13.2. The standard InChI is InChI=1S/C9H18N2O2Si/c1-6-8(13-14(3,4)5)9(11-10)7(2)12/h8H,6H2,1-5H3. The van der Waals surface area contributed by atoms with Gasteiger partial charge in [0.1, 0.15) is 0 Å². The number of Topliss-reactive ketones (excluding diaryl/α,β-unsaturated/α-hetero) is 1. The number of hydrogen-bond acceptors (Lipinski definition) is 2. The largest absolute Gasteiger partial charge is 0.404 e. The fourth-order valence-electron chi connectivity index (χ4n) is 1.12. The smallest absolute Gasteiger partial charge is 0.361 e. The van der Waals surface area contributed by atoms with Crippen LogP contribution in [0.5, 0.6) is 0 Å². The Hall–Kier alpha value is -0.773. The normalized spacial score (nSPS) is 13.2. The van der Waals surface area contributed by atoms with Crippen molar-refractivity contribution in [1.82, 2.24) is 0 Å². The molecule has 0 aromatic heterocycles. The minimum Gasteiger partial charge on any atom is -0.404 e. The van der Waals surface area contributed by atoms with E-state index in [1.54, 1.807) is 0 Å². The summed E-state index contributed by atoms with van der Waals surface area (Å²) in [5.74, 6) is -0.238. The lowest BCUT2D eigenvalue weighted by Crippen LogP contribution is -2.39. The zero-order valence-electron chi connectivity index (χ0n) is 9.50. The Labute approximate surface area is 86.0 Å². The Kier molecular flexibility index (Phi) is 4.91. The van der Waals surface area contributed by atoms with Crippen LogP contribution in [0.4, 0.5) is 0 Å². The fourth-order valence-corrected chi connectivity index (χ4v) is 2.25. The van der Waals surface area contributed by atoms with Crippen molar-refractivity contribution in [2.45, 2.75) is 46.0 Å². The molecule has 0 amide bonds. The highest BCUT2D eigenvalue weighted by molar-refractivity contribution is 6.70. The quantitative estimate of drug-likeness (QED) is 0.303. The Bertz CT molecular complexity index is 264.